The number of sulfonamides is 1. The quantitative estimate of drug-likeness (QED) is 0.779. The Morgan fingerprint density at radius 2 is 2.15 bits per heavy atom. The Hall–Kier alpha value is -1.96. The number of nitrogens with zero attached hydrogens (tertiary/aromatic N) is 2. The third kappa shape index (κ3) is 3.53. The maximum atomic E-state index is 11.9. The third-order valence-corrected chi connectivity index (χ3v) is 4.10. The molecule has 2 heterocycles. The van der Waals surface area contributed by atoms with E-state index >= 15 is 0 Å². The van der Waals surface area contributed by atoms with Gasteiger partial charge < -0.3 is 4.98 Å². The zero-order valence-electron chi connectivity index (χ0n) is 11.1. The van der Waals surface area contributed by atoms with Gasteiger partial charge >= 0.3 is 0 Å². The van der Waals surface area contributed by atoms with Gasteiger partial charge in [-0.05, 0) is 18.6 Å². The number of nitrogens with one attached hydrogen (secondary N) is 2. The van der Waals surface area contributed by atoms with Gasteiger partial charge in [-0.25, -0.2) is 23.1 Å². The van der Waals surface area contributed by atoms with Gasteiger partial charge in [-0.15, -0.1) is 0 Å². The predicted octanol–water partition coefficient (Wildman–Crippen LogP) is 1.21. The molecule has 0 fully saturated rings. The number of hydrogen-bond donors (Lipinski definition) is 2. The van der Waals surface area contributed by atoms with E-state index in [-0.39, 0.29) is 11.4 Å². The molecule has 0 saturated carbocycles. The van der Waals surface area contributed by atoms with Crippen molar-refractivity contribution in [3.05, 3.63) is 24.2 Å². The fourth-order valence-electron chi connectivity index (χ4n) is 1.74. The van der Waals surface area contributed by atoms with Gasteiger partial charge in [0.15, 0.2) is 5.65 Å². The highest BCUT2D eigenvalue weighted by Gasteiger charge is 2.17. The van der Waals surface area contributed by atoms with Gasteiger partial charge in [-0.1, -0.05) is 19.8 Å². The molecular weight excluding hydrogens is 280 g/mol. The number of unbranched alkanes of at least 4 members (excludes halogenated alkanes) is 2. The molecule has 2 N–H and O–H groups in total. The lowest BCUT2D eigenvalue weighted by Gasteiger charge is -2.05. The summed E-state index contributed by atoms with van der Waals surface area (Å²) >= 11 is 0. The van der Waals surface area contributed by atoms with Crippen molar-refractivity contribution in [2.75, 3.05) is 5.75 Å². The summed E-state index contributed by atoms with van der Waals surface area (Å²) in [5, 5.41) is 0. The zero-order valence-corrected chi connectivity index (χ0v) is 11.9. The normalized spacial score (nSPS) is 11.7. The van der Waals surface area contributed by atoms with E-state index in [0.717, 1.165) is 12.8 Å². The number of aromatic nitrogens is 3. The molecule has 2 rings (SSSR count). The van der Waals surface area contributed by atoms with Crippen LogP contribution in [0.4, 0.5) is 0 Å². The number of amides is 1. The molecule has 0 radical (unpaired) electrons. The van der Waals surface area contributed by atoms with Crippen LogP contribution in [-0.2, 0) is 10.0 Å². The molecule has 8 heteroatoms. The van der Waals surface area contributed by atoms with Crippen LogP contribution in [0.3, 0.4) is 0 Å². The first-order valence-corrected chi connectivity index (χ1v) is 8.02. The van der Waals surface area contributed by atoms with Crippen LogP contribution in [0.2, 0.25) is 0 Å². The van der Waals surface area contributed by atoms with Crippen LogP contribution < -0.4 is 4.72 Å². The predicted molar refractivity (Wildman–Crippen MR) is 74.7 cm³/mol. The van der Waals surface area contributed by atoms with E-state index < -0.39 is 15.9 Å². The minimum Gasteiger partial charge on any atom is -0.343 e. The lowest BCUT2D eigenvalue weighted by Crippen LogP contribution is -2.33. The topological polar surface area (TPSA) is 105 Å². The summed E-state index contributed by atoms with van der Waals surface area (Å²) < 4.78 is 25.5. The summed E-state index contributed by atoms with van der Waals surface area (Å²) in [6.07, 6.45) is 3.72. The highest BCUT2D eigenvalue weighted by molar-refractivity contribution is 7.90. The highest BCUT2D eigenvalue weighted by atomic mass is 32.2. The lowest BCUT2D eigenvalue weighted by molar-refractivity contribution is 0.0977. The van der Waals surface area contributed by atoms with Gasteiger partial charge in [0.25, 0.3) is 5.91 Å². The van der Waals surface area contributed by atoms with E-state index in [1.165, 1.54) is 12.4 Å². The van der Waals surface area contributed by atoms with E-state index in [9.17, 15) is 13.2 Å². The Kier molecular flexibility index (Phi) is 4.33. The second-order valence-electron chi connectivity index (χ2n) is 4.43. The largest absolute Gasteiger partial charge is 0.343 e. The first kappa shape index (κ1) is 14.4. The van der Waals surface area contributed by atoms with Crippen LogP contribution in [0, 0.1) is 0 Å². The van der Waals surface area contributed by atoms with Crippen LogP contribution in [0.25, 0.3) is 11.2 Å². The van der Waals surface area contributed by atoms with Crippen LogP contribution in [-0.4, -0.2) is 35.0 Å². The Morgan fingerprint density at radius 1 is 1.35 bits per heavy atom. The Bertz CT molecular complexity index is 708. The molecule has 1 amide bonds. The fourth-order valence-corrected chi connectivity index (χ4v) is 2.81. The molecular formula is C12H16N4O3S. The molecule has 2 aromatic rings. The smallest absolute Gasteiger partial charge is 0.283 e. The van der Waals surface area contributed by atoms with Crippen molar-refractivity contribution >= 4 is 27.1 Å². The zero-order chi connectivity index (χ0) is 14.6. The van der Waals surface area contributed by atoms with E-state index in [1.54, 1.807) is 6.07 Å². The van der Waals surface area contributed by atoms with Crippen LogP contribution >= 0.6 is 0 Å². The molecule has 0 unspecified atom stereocenters. The average molecular weight is 296 g/mol. The van der Waals surface area contributed by atoms with Crippen LogP contribution in [0.1, 0.15) is 36.7 Å². The monoisotopic (exact) mass is 296 g/mol. The van der Waals surface area contributed by atoms with Crippen molar-refractivity contribution in [1.82, 2.24) is 19.7 Å². The van der Waals surface area contributed by atoms with Gasteiger partial charge in [0.05, 0.1) is 17.6 Å². The van der Waals surface area contributed by atoms with Crippen LogP contribution in [0.15, 0.2) is 18.5 Å². The summed E-state index contributed by atoms with van der Waals surface area (Å²) in [6.45, 7) is 1.98. The lowest BCUT2D eigenvalue weighted by atomic mass is 10.3. The van der Waals surface area contributed by atoms with Gasteiger partial charge in [-0.3, -0.25) is 4.79 Å². The van der Waals surface area contributed by atoms with E-state index in [4.69, 9.17) is 0 Å². The molecule has 0 bridgehead atoms. The SMILES string of the molecule is CCCCCS(=O)(=O)NC(=O)c1ccc2[nH]cnc2n1. The maximum Gasteiger partial charge on any atom is 0.283 e. The standard InChI is InChI=1S/C12H16N4O3S/c1-2-3-4-7-20(18,19)16-12(17)10-6-5-9-11(15-10)14-8-13-9/h5-6,8H,2-4,7H2,1H3,(H,16,17)(H,13,14,15). The van der Waals surface area contributed by atoms with Crippen molar-refractivity contribution in [1.29, 1.82) is 0 Å². The second kappa shape index (κ2) is 6.00. The molecule has 0 spiro atoms. The molecule has 0 atom stereocenters. The summed E-state index contributed by atoms with van der Waals surface area (Å²) in [4.78, 5) is 22.6. The van der Waals surface area contributed by atoms with Crippen molar-refractivity contribution in [2.24, 2.45) is 0 Å². The van der Waals surface area contributed by atoms with Crippen molar-refractivity contribution in [2.45, 2.75) is 26.2 Å². The molecule has 0 aliphatic heterocycles. The Morgan fingerprint density at radius 3 is 2.90 bits per heavy atom. The van der Waals surface area contributed by atoms with Gasteiger partial charge in [0, 0.05) is 0 Å². The second-order valence-corrected chi connectivity index (χ2v) is 6.27. The minimum atomic E-state index is -3.61. The summed E-state index contributed by atoms with van der Waals surface area (Å²) in [7, 11) is -3.61. The number of carbonyl (C=O) groups excluding carboxylic acids is 1. The van der Waals surface area contributed by atoms with Crippen molar-refractivity contribution < 1.29 is 13.2 Å². The van der Waals surface area contributed by atoms with Crippen molar-refractivity contribution in [3.8, 4) is 0 Å². The first-order chi connectivity index (χ1) is 9.52. The number of pyridine rings is 1. The van der Waals surface area contributed by atoms with Gasteiger partial charge in [0.2, 0.25) is 10.0 Å². The minimum absolute atomic E-state index is 0.0312. The van der Waals surface area contributed by atoms with Crippen LogP contribution in [0.5, 0.6) is 0 Å². The molecule has 0 aliphatic rings. The number of H-pyrrole nitrogens is 1. The van der Waals surface area contributed by atoms with E-state index in [0.29, 0.717) is 17.6 Å². The molecule has 108 valence electrons. The molecule has 7 nitrogen and oxygen atoms in total. The molecule has 20 heavy (non-hydrogen) atoms. The molecule has 0 saturated heterocycles. The number of fused-ring (bicyclic) bond motifs is 1. The summed E-state index contributed by atoms with van der Waals surface area (Å²) in [6, 6.07) is 3.09. The molecule has 0 aromatic carbocycles. The van der Waals surface area contributed by atoms with Gasteiger partial charge in [0.1, 0.15) is 5.69 Å². The summed E-state index contributed by atoms with van der Waals surface area (Å²) in [5.41, 5.74) is 1.09. The van der Waals surface area contributed by atoms with Crippen molar-refractivity contribution in [3.63, 3.8) is 0 Å². The number of rotatable bonds is 6. The number of hydrogen-bond acceptors (Lipinski definition) is 5. The number of imidazole rings is 1. The molecule has 2 aromatic heterocycles. The number of aromatic amines is 1. The molecule has 0 aliphatic carbocycles. The summed E-state index contributed by atoms with van der Waals surface area (Å²) in [5.74, 6) is -0.788. The van der Waals surface area contributed by atoms with Gasteiger partial charge in [-0.2, -0.15) is 0 Å². The fraction of sp³-hybridized carbons (Fsp3) is 0.417. The Labute approximate surface area is 116 Å². The number of carbonyl (C=O) groups is 1. The average Bonchev–Trinajstić information content (AvgIpc) is 2.85. The highest BCUT2D eigenvalue weighted by Crippen LogP contribution is 2.07. The maximum absolute atomic E-state index is 11.9. The Balaban J connectivity index is 2.07. The van der Waals surface area contributed by atoms with E-state index in [1.807, 2.05) is 11.6 Å². The first-order valence-electron chi connectivity index (χ1n) is 6.37. The third-order valence-electron chi connectivity index (χ3n) is 2.78. The van der Waals surface area contributed by atoms with E-state index in [2.05, 4.69) is 15.0 Å².